The molecule has 0 radical (unpaired) electrons. The van der Waals surface area contributed by atoms with Gasteiger partial charge in [-0.05, 0) is 18.9 Å². The van der Waals surface area contributed by atoms with E-state index in [1.165, 1.54) is 6.07 Å². The van der Waals surface area contributed by atoms with E-state index < -0.39 is 11.6 Å². The Balaban J connectivity index is 1.49. The number of amides is 1. The lowest BCUT2D eigenvalue weighted by Crippen LogP contribution is -2.48. The molecule has 0 bridgehead atoms. The van der Waals surface area contributed by atoms with Crippen LogP contribution < -0.4 is 5.32 Å². The molecule has 1 aliphatic heterocycles. The van der Waals surface area contributed by atoms with E-state index in [9.17, 15) is 9.18 Å². The lowest BCUT2D eigenvalue weighted by molar-refractivity contribution is -0.133. The summed E-state index contributed by atoms with van der Waals surface area (Å²) in [6.45, 7) is 0. The van der Waals surface area contributed by atoms with Crippen molar-refractivity contribution in [3.05, 3.63) is 53.6 Å². The first-order valence-corrected chi connectivity index (χ1v) is 8.86. The fraction of sp³-hybridized carbons (Fsp3) is 0.421. The van der Waals surface area contributed by atoms with Crippen LogP contribution in [-0.2, 0) is 22.2 Å². The molecule has 136 valence electrons. The molecule has 1 aliphatic carbocycles. The molecule has 1 atom stereocenters. The Hall–Kier alpha value is -2.70. The fourth-order valence-corrected chi connectivity index (χ4v) is 3.86. The minimum absolute atomic E-state index is 0.252. The van der Waals surface area contributed by atoms with Crippen LogP contribution in [0.25, 0.3) is 0 Å². The van der Waals surface area contributed by atoms with Crippen molar-refractivity contribution in [3.8, 4) is 0 Å². The van der Waals surface area contributed by atoms with Crippen molar-refractivity contribution in [1.29, 1.82) is 0 Å². The van der Waals surface area contributed by atoms with Crippen molar-refractivity contribution < 1.29 is 14.0 Å². The lowest BCUT2D eigenvalue weighted by Gasteiger charge is -2.32. The molecule has 0 saturated heterocycles. The molecule has 1 aromatic heterocycles. The first-order valence-electron chi connectivity index (χ1n) is 8.86. The van der Waals surface area contributed by atoms with E-state index >= 15 is 0 Å². The lowest BCUT2D eigenvalue weighted by atomic mass is 9.87. The summed E-state index contributed by atoms with van der Waals surface area (Å²) < 4.78 is 16.1. The van der Waals surface area contributed by atoms with E-state index in [2.05, 4.69) is 15.6 Å². The molecule has 1 saturated carbocycles. The van der Waals surface area contributed by atoms with E-state index in [0.29, 0.717) is 17.7 Å². The quantitative estimate of drug-likeness (QED) is 0.916. The Morgan fingerprint density at radius 1 is 1.35 bits per heavy atom. The standard InChI is InChI=1S/C19H21FN4O2/c1-24-12-13(11-21-24)16-10-17(26-23-16)18(25)22-19(8-4-5-9-19)14-6-2-3-7-15(14)20/h2-3,6-7,11-12,17H,4-5,8-10H2,1H3,(H,22,25)/t17-/m1/s1. The number of hydrogen-bond donors (Lipinski definition) is 1. The van der Waals surface area contributed by atoms with Gasteiger partial charge in [0.15, 0.2) is 0 Å². The largest absolute Gasteiger partial charge is 0.382 e. The van der Waals surface area contributed by atoms with Gasteiger partial charge in [0.25, 0.3) is 5.91 Å². The van der Waals surface area contributed by atoms with Gasteiger partial charge in [0, 0.05) is 30.8 Å². The highest BCUT2D eigenvalue weighted by Crippen LogP contribution is 2.40. The molecule has 7 heteroatoms. The average Bonchev–Trinajstić information content (AvgIpc) is 3.35. The Morgan fingerprint density at radius 2 is 2.12 bits per heavy atom. The van der Waals surface area contributed by atoms with Crippen molar-refractivity contribution in [2.24, 2.45) is 12.2 Å². The van der Waals surface area contributed by atoms with Gasteiger partial charge in [-0.3, -0.25) is 9.48 Å². The highest BCUT2D eigenvalue weighted by molar-refractivity contribution is 6.03. The monoisotopic (exact) mass is 356 g/mol. The number of nitrogens with one attached hydrogen (secondary N) is 1. The second-order valence-corrected chi connectivity index (χ2v) is 7.00. The van der Waals surface area contributed by atoms with Gasteiger partial charge in [-0.1, -0.05) is 36.2 Å². The summed E-state index contributed by atoms with van der Waals surface area (Å²) in [5.74, 6) is -0.535. The first-order chi connectivity index (χ1) is 12.6. The highest BCUT2D eigenvalue weighted by atomic mass is 19.1. The molecule has 4 rings (SSSR count). The summed E-state index contributed by atoms with van der Waals surface area (Å²) in [5.41, 5.74) is 1.43. The summed E-state index contributed by atoms with van der Waals surface area (Å²) in [4.78, 5) is 18.2. The van der Waals surface area contributed by atoms with Gasteiger partial charge >= 0.3 is 0 Å². The van der Waals surface area contributed by atoms with Crippen molar-refractivity contribution in [3.63, 3.8) is 0 Å². The second-order valence-electron chi connectivity index (χ2n) is 7.00. The number of aryl methyl sites for hydroxylation is 1. The summed E-state index contributed by atoms with van der Waals surface area (Å²) in [6.07, 6.45) is 6.57. The zero-order valence-electron chi connectivity index (χ0n) is 14.6. The van der Waals surface area contributed by atoms with Crippen molar-refractivity contribution >= 4 is 11.6 Å². The molecule has 26 heavy (non-hydrogen) atoms. The molecule has 6 nitrogen and oxygen atoms in total. The van der Waals surface area contributed by atoms with Crippen LogP contribution in [0.3, 0.4) is 0 Å². The molecule has 2 aromatic rings. The van der Waals surface area contributed by atoms with Crippen molar-refractivity contribution in [2.45, 2.75) is 43.7 Å². The van der Waals surface area contributed by atoms with Gasteiger partial charge in [0.05, 0.1) is 17.4 Å². The van der Waals surface area contributed by atoms with E-state index in [-0.39, 0.29) is 11.7 Å². The average molecular weight is 356 g/mol. The fourth-order valence-electron chi connectivity index (χ4n) is 3.86. The molecule has 0 spiro atoms. The highest BCUT2D eigenvalue weighted by Gasteiger charge is 2.41. The Kier molecular flexibility index (Phi) is 4.22. The molecule has 2 heterocycles. The number of nitrogens with zero attached hydrogens (tertiary/aromatic N) is 3. The molecule has 0 unspecified atom stereocenters. The van der Waals surface area contributed by atoms with Crippen LogP contribution in [0.1, 0.15) is 43.2 Å². The van der Waals surface area contributed by atoms with E-state index in [1.54, 1.807) is 29.1 Å². The maximum absolute atomic E-state index is 14.4. The number of carbonyl (C=O) groups excluding carboxylic acids is 1. The van der Waals surface area contributed by atoms with Gasteiger partial charge in [0.1, 0.15) is 5.82 Å². The van der Waals surface area contributed by atoms with Crippen molar-refractivity contribution in [2.75, 3.05) is 0 Å². The smallest absolute Gasteiger partial charge is 0.265 e. The summed E-state index contributed by atoms with van der Waals surface area (Å²) in [7, 11) is 1.82. The van der Waals surface area contributed by atoms with Gasteiger partial charge < -0.3 is 10.2 Å². The Bertz CT molecular complexity index is 855. The number of halogens is 1. The normalized spacial score (nSPS) is 21.3. The van der Waals surface area contributed by atoms with Crippen LogP contribution in [0.5, 0.6) is 0 Å². The van der Waals surface area contributed by atoms with Crippen LogP contribution >= 0.6 is 0 Å². The summed E-state index contributed by atoms with van der Waals surface area (Å²) in [5, 5.41) is 11.2. The Labute approximate surface area is 151 Å². The minimum Gasteiger partial charge on any atom is -0.382 e. The van der Waals surface area contributed by atoms with E-state index in [1.807, 2.05) is 13.2 Å². The summed E-state index contributed by atoms with van der Waals surface area (Å²) >= 11 is 0. The molecule has 1 fully saturated rings. The second kappa shape index (κ2) is 6.55. The predicted molar refractivity (Wildman–Crippen MR) is 93.9 cm³/mol. The summed E-state index contributed by atoms with van der Waals surface area (Å²) in [6, 6.07) is 6.67. The molecular weight excluding hydrogens is 335 g/mol. The van der Waals surface area contributed by atoms with E-state index in [4.69, 9.17) is 4.84 Å². The number of benzene rings is 1. The van der Waals surface area contributed by atoms with Gasteiger partial charge in [-0.25, -0.2) is 4.39 Å². The van der Waals surface area contributed by atoms with Crippen LogP contribution in [0.2, 0.25) is 0 Å². The predicted octanol–water partition coefficient (Wildman–Crippen LogP) is 2.64. The number of oxime groups is 1. The minimum atomic E-state index is -0.700. The maximum Gasteiger partial charge on any atom is 0.265 e. The maximum atomic E-state index is 14.4. The van der Waals surface area contributed by atoms with Gasteiger partial charge in [-0.15, -0.1) is 0 Å². The van der Waals surface area contributed by atoms with E-state index in [0.717, 1.165) is 31.2 Å². The third-order valence-corrected chi connectivity index (χ3v) is 5.21. The molecule has 2 aliphatic rings. The molecule has 1 N–H and O–H groups in total. The zero-order valence-corrected chi connectivity index (χ0v) is 14.6. The number of aromatic nitrogens is 2. The number of hydrogen-bond acceptors (Lipinski definition) is 4. The van der Waals surface area contributed by atoms with Crippen LogP contribution in [0.4, 0.5) is 4.39 Å². The molecule has 1 amide bonds. The number of carbonyl (C=O) groups is 1. The third-order valence-electron chi connectivity index (χ3n) is 5.21. The van der Waals surface area contributed by atoms with Crippen LogP contribution in [-0.4, -0.2) is 27.5 Å². The molecular formula is C19H21FN4O2. The Morgan fingerprint density at radius 3 is 2.81 bits per heavy atom. The van der Waals surface area contributed by atoms with Crippen LogP contribution in [0, 0.1) is 5.82 Å². The first kappa shape index (κ1) is 16.8. The number of rotatable bonds is 4. The zero-order chi connectivity index (χ0) is 18.1. The van der Waals surface area contributed by atoms with Gasteiger partial charge in [0.2, 0.25) is 6.10 Å². The van der Waals surface area contributed by atoms with Crippen LogP contribution in [0.15, 0.2) is 41.8 Å². The third kappa shape index (κ3) is 2.98. The van der Waals surface area contributed by atoms with Crippen molar-refractivity contribution in [1.82, 2.24) is 15.1 Å². The topological polar surface area (TPSA) is 68.5 Å². The molecule has 1 aromatic carbocycles. The SMILES string of the molecule is Cn1cc(C2=NO[C@@H](C(=O)NC3(c4ccccc4F)CCCC3)C2)cn1. The van der Waals surface area contributed by atoms with Gasteiger partial charge in [-0.2, -0.15) is 5.10 Å².